The van der Waals surface area contributed by atoms with Crippen LogP contribution in [0.25, 0.3) is 10.2 Å². The maximum absolute atomic E-state index is 12.6. The topological polar surface area (TPSA) is 91.5 Å². The summed E-state index contributed by atoms with van der Waals surface area (Å²) in [6, 6.07) is 12.2. The van der Waals surface area contributed by atoms with Gasteiger partial charge < -0.3 is 21.1 Å². The minimum absolute atomic E-state index is 0.133. The molecule has 7 heteroatoms. The number of nitrogens with one attached hydrogen (secondary N) is 1. The molecule has 1 fully saturated rings. The Morgan fingerprint density at radius 2 is 1.90 bits per heavy atom. The largest absolute Gasteiger partial charge is 0.397 e. The third-order valence-electron chi connectivity index (χ3n) is 5.38. The number of nitrogens with two attached hydrogens (primary N) is 1. The molecule has 0 atom stereocenters. The van der Waals surface area contributed by atoms with Crippen LogP contribution >= 0.6 is 11.3 Å². The van der Waals surface area contributed by atoms with Gasteiger partial charge in [0.05, 0.1) is 18.0 Å². The molecule has 1 aliphatic heterocycles. The van der Waals surface area contributed by atoms with Gasteiger partial charge in [0.1, 0.15) is 9.71 Å². The number of rotatable bonds is 6. The maximum Gasteiger partial charge on any atom is 0.263 e. The van der Waals surface area contributed by atoms with Gasteiger partial charge in [-0.1, -0.05) is 12.1 Å². The first kappa shape index (κ1) is 19.7. The Bertz CT molecular complexity index is 994. The zero-order valence-electron chi connectivity index (χ0n) is 16.4. The fourth-order valence-electron chi connectivity index (χ4n) is 3.72. The lowest BCUT2D eigenvalue weighted by molar-refractivity contribution is 0.0959. The van der Waals surface area contributed by atoms with Crippen molar-refractivity contribution >= 4 is 38.8 Å². The molecule has 0 radical (unpaired) electrons. The average molecular weight is 411 g/mol. The van der Waals surface area contributed by atoms with Gasteiger partial charge in [-0.2, -0.15) is 0 Å². The minimum Gasteiger partial charge on any atom is -0.397 e. The van der Waals surface area contributed by atoms with E-state index >= 15 is 0 Å². The fraction of sp³-hybridized carbons (Fsp3) is 0.364. The predicted octanol–water partition coefficient (Wildman–Crippen LogP) is 3.33. The Labute approximate surface area is 174 Å². The average Bonchev–Trinajstić information content (AvgIpc) is 3.10. The summed E-state index contributed by atoms with van der Waals surface area (Å²) in [4.78, 5) is 20.5. The lowest BCUT2D eigenvalue weighted by Crippen LogP contribution is -2.29. The van der Waals surface area contributed by atoms with Crippen molar-refractivity contribution in [2.75, 3.05) is 30.3 Å². The molecule has 0 saturated carbocycles. The van der Waals surface area contributed by atoms with Gasteiger partial charge in [0.15, 0.2) is 0 Å². The van der Waals surface area contributed by atoms with Gasteiger partial charge in [-0.25, -0.2) is 4.98 Å². The Kier molecular flexibility index (Phi) is 5.97. The van der Waals surface area contributed by atoms with Crippen LogP contribution in [0.5, 0.6) is 0 Å². The van der Waals surface area contributed by atoms with E-state index in [0.29, 0.717) is 27.6 Å². The molecule has 4 N–H and O–H groups in total. The number of carbonyl (C=O) groups excluding carboxylic acids is 1. The van der Waals surface area contributed by atoms with Crippen LogP contribution in [0.15, 0.2) is 36.4 Å². The van der Waals surface area contributed by atoms with Crippen molar-refractivity contribution in [3.8, 4) is 0 Å². The Morgan fingerprint density at radius 1 is 1.14 bits per heavy atom. The number of piperidine rings is 1. The van der Waals surface area contributed by atoms with E-state index in [9.17, 15) is 9.90 Å². The summed E-state index contributed by atoms with van der Waals surface area (Å²) in [5, 5.41) is 12.9. The number of benzene rings is 1. The number of pyridine rings is 1. The number of hydrogen-bond donors (Lipinski definition) is 3. The number of nitrogen functional groups attached to an aromatic ring is 1. The molecule has 1 aromatic carbocycles. The molecule has 2 aromatic heterocycles. The summed E-state index contributed by atoms with van der Waals surface area (Å²) >= 11 is 1.26. The van der Waals surface area contributed by atoms with Crippen molar-refractivity contribution in [1.82, 2.24) is 10.3 Å². The highest BCUT2D eigenvalue weighted by Crippen LogP contribution is 2.32. The first-order valence-corrected chi connectivity index (χ1v) is 10.9. The van der Waals surface area contributed by atoms with Crippen LogP contribution in [0, 0.1) is 0 Å². The zero-order chi connectivity index (χ0) is 20.2. The number of aliphatic hydroxyl groups excluding tert-OH is 1. The second kappa shape index (κ2) is 8.80. The second-order valence-electron chi connectivity index (χ2n) is 7.38. The van der Waals surface area contributed by atoms with E-state index in [-0.39, 0.29) is 12.5 Å². The number of nitrogens with zero attached hydrogens (tertiary/aromatic N) is 2. The second-order valence-corrected chi connectivity index (χ2v) is 8.38. The molecule has 29 heavy (non-hydrogen) atoms. The lowest BCUT2D eigenvalue weighted by Gasteiger charge is -2.28. The Morgan fingerprint density at radius 3 is 2.62 bits per heavy atom. The van der Waals surface area contributed by atoms with Crippen LogP contribution in [0.3, 0.4) is 0 Å². The summed E-state index contributed by atoms with van der Waals surface area (Å²) in [7, 11) is 0. The molecule has 1 amide bonds. The van der Waals surface area contributed by atoms with Crippen molar-refractivity contribution < 1.29 is 9.90 Å². The van der Waals surface area contributed by atoms with Gasteiger partial charge in [-0.15, -0.1) is 11.3 Å². The van der Waals surface area contributed by atoms with Crippen LogP contribution in [-0.2, 0) is 13.0 Å². The van der Waals surface area contributed by atoms with Crippen LogP contribution < -0.4 is 16.0 Å². The molecule has 1 aliphatic rings. The van der Waals surface area contributed by atoms with E-state index < -0.39 is 0 Å². The summed E-state index contributed by atoms with van der Waals surface area (Å²) in [5.41, 5.74) is 9.64. The highest BCUT2D eigenvalue weighted by Gasteiger charge is 2.17. The van der Waals surface area contributed by atoms with Gasteiger partial charge >= 0.3 is 0 Å². The SMILES string of the molecule is Nc1c(C(=O)NCCc2ccc(N3CCCCC3)cc2)sc2nc(CO)ccc12. The first-order valence-electron chi connectivity index (χ1n) is 10.1. The van der Waals surface area contributed by atoms with Crippen molar-refractivity contribution in [3.63, 3.8) is 0 Å². The fourth-order valence-corrected chi connectivity index (χ4v) is 4.75. The van der Waals surface area contributed by atoms with Crippen molar-refractivity contribution in [2.45, 2.75) is 32.3 Å². The number of aromatic nitrogens is 1. The van der Waals surface area contributed by atoms with Gasteiger partial charge in [-0.3, -0.25) is 4.79 Å². The Hall–Kier alpha value is -2.64. The molecule has 3 aromatic rings. The molecule has 0 bridgehead atoms. The van der Waals surface area contributed by atoms with Gasteiger partial charge in [0.25, 0.3) is 5.91 Å². The molecular formula is C22H26N4O2S. The number of anilines is 2. The molecule has 0 unspecified atom stereocenters. The van der Waals surface area contributed by atoms with Crippen LogP contribution in [-0.4, -0.2) is 35.6 Å². The highest BCUT2D eigenvalue weighted by molar-refractivity contribution is 7.21. The minimum atomic E-state index is -0.180. The summed E-state index contributed by atoms with van der Waals surface area (Å²) in [6.07, 6.45) is 4.64. The standard InChI is InChI=1S/C22H26N4O2S/c23-19-18-9-6-16(14-27)25-22(18)29-20(19)21(28)24-11-10-15-4-7-17(8-5-15)26-12-2-1-3-13-26/h4-9,27H,1-3,10-14,23H2,(H,24,28). The van der Waals surface area contributed by atoms with Gasteiger partial charge in [-0.05, 0) is 55.5 Å². The monoisotopic (exact) mass is 410 g/mol. The van der Waals surface area contributed by atoms with Crippen LogP contribution in [0.4, 0.5) is 11.4 Å². The van der Waals surface area contributed by atoms with E-state index in [1.807, 2.05) is 0 Å². The summed E-state index contributed by atoms with van der Waals surface area (Å²) < 4.78 is 0. The molecule has 4 rings (SSSR count). The molecule has 152 valence electrons. The van der Waals surface area contributed by atoms with E-state index in [1.54, 1.807) is 12.1 Å². The number of amides is 1. The first-order chi connectivity index (χ1) is 14.2. The maximum atomic E-state index is 12.6. The number of carbonyl (C=O) groups is 1. The Balaban J connectivity index is 1.35. The smallest absolute Gasteiger partial charge is 0.263 e. The summed E-state index contributed by atoms with van der Waals surface area (Å²) in [5.74, 6) is -0.180. The van der Waals surface area contributed by atoms with E-state index in [4.69, 9.17) is 5.73 Å². The van der Waals surface area contributed by atoms with E-state index in [0.717, 1.165) is 24.9 Å². The normalized spacial score (nSPS) is 14.3. The highest BCUT2D eigenvalue weighted by atomic mass is 32.1. The lowest BCUT2D eigenvalue weighted by atomic mass is 10.1. The van der Waals surface area contributed by atoms with Crippen LogP contribution in [0.1, 0.15) is 40.2 Å². The predicted molar refractivity (Wildman–Crippen MR) is 118 cm³/mol. The van der Waals surface area contributed by atoms with E-state index in [1.165, 1.54) is 41.9 Å². The van der Waals surface area contributed by atoms with Crippen molar-refractivity contribution in [3.05, 3.63) is 52.5 Å². The van der Waals surface area contributed by atoms with Crippen molar-refractivity contribution in [1.29, 1.82) is 0 Å². The van der Waals surface area contributed by atoms with E-state index in [2.05, 4.69) is 39.5 Å². The molecule has 1 saturated heterocycles. The van der Waals surface area contributed by atoms with Gasteiger partial charge in [0.2, 0.25) is 0 Å². The quantitative estimate of drug-likeness (QED) is 0.580. The molecule has 0 aliphatic carbocycles. The van der Waals surface area contributed by atoms with Crippen molar-refractivity contribution in [2.24, 2.45) is 0 Å². The van der Waals surface area contributed by atoms with Gasteiger partial charge in [0, 0.05) is 30.7 Å². The third kappa shape index (κ3) is 4.36. The number of hydrogen-bond acceptors (Lipinski definition) is 6. The molecule has 6 nitrogen and oxygen atoms in total. The number of thiophene rings is 1. The zero-order valence-corrected chi connectivity index (χ0v) is 17.2. The third-order valence-corrected chi connectivity index (χ3v) is 6.49. The van der Waals surface area contributed by atoms with Crippen LogP contribution in [0.2, 0.25) is 0 Å². The molecular weight excluding hydrogens is 384 g/mol. The number of fused-ring (bicyclic) bond motifs is 1. The molecule has 0 spiro atoms. The summed E-state index contributed by atoms with van der Waals surface area (Å²) in [6.45, 7) is 2.69. The number of aliphatic hydroxyl groups is 1. The molecule has 3 heterocycles.